The zero-order valence-corrected chi connectivity index (χ0v) is 20.4. The third kappa shape index (κ3) is 6.51. The smallest absolute Gasteiger partial charge is 0.255 e. The third-order valence-electron chi connectivity index (χ3n) is 5.13. The van der Waals surface area contributed by atoms with Crippen molar-refractivity contribution in [1.82, 2.24) is 9.88 Å². The van der Waals surface area contributed by atoms with E-state index in [1.807, 2.05) is 42.5 Å². The van der Waals surface area contributed by atoms with E-state index < -0.39 is 0 Å². The summed E-state index contributed by atoms with van der Waals surface area (Å²) in [4.78, 5) is 19.6. The molecule has 4 rings (SSSR count). The van der Waals surface area contributed by atoms with Crippen LogP contribution in [0.5, 0.6) is 11.5 Å². The Kier molecular flexibility index (Phi) is 8.07. The molecule has 0 bridgehead atoms. The number of nitrogens with zero attached hydrogens (tertiary/aromatic N) is 2. The van der Waals surface area contributed by atoms with Crippen molar-refractivity contribution >= 4 is 40.7 Å². The molecule has 1 heterocycles. The monoisotopic (exact) mass is 510 g/mol. The SMILES string of the molecule is O=C(c1ccc(Cl)cc1Cl)N(CCc1ccccn1)Cc1cccc(Oc2ccc(Cl)cc2)c1. The summed E-state index contributed by atoms with van der Waals surface area (Å²) in [5.74, 6) is 1.17. The molecule has 1 amide bonds. The molecule has 0 spiro atoms. The summed E-state index contributed by atoms with van der Waals surface area (Å²) in [6.07, 6.45) is 2.36. The number of halogens is 3. The third-order valence-corrected chi connectivity index (χ3v) is 5.93. The average molecular weight is 512 g/mol. The first-order chi connectivity index (χ1) is 16.5. The molecule has 0 aliphatic heterocycles. The molecule has 4 nitrogen and oxygen atoms in total. The van der Waals surface area contributed by atoms with E-state index in [9.17, 15) is 4.79 Å². The van der Waals surface area contributed by atoms with E-state index in [4.69, 9.17) is 39.5 Å². The van der Waals surface area contributed by atoms with Crippen molar-refractivity contribution in [3.05, 3.63) is 123 Å². The second-order valence-electron chi connectivity index (χ2n) is 7.63. The lowest BCUT2D eigenvalue weighted by Crippen LogP contribution is -2.32. The Bertz CT molecular complexity index is 1260. The Labute approximate surface area is 213 Å². The maximum Gasteiger partial charge on any atom is 0.255 e. The van der Waals surface area contributed by atoms with Crippen molar-refractivity contribution < 1.29 is 9.53 Å². The van der Waals surface area contributed by atoms with Gasteiger partial charge < -0.3 is 9.64 Å². The highest BCUT2D eigenvalue weighted by Crippen LogP contribution is 2.26. The van der Waals surface area contributed by atoms with Gasteiger partial charge in [0.1, 0.15) is 11.5 Å². The molecule has 0 radical (unpaired) electrons. The fourth-order valence-corrected chi connectivity index (χ4v) is 4.06. The van der Waals surface area contributed by atoms with E-state index in [1.165, 1.54) is 0 Å². The van der Waals surface area contributed by atoms with Gasteiger partial charge in [-0.3, -0.25) is 9.78 Å². The standard InChI is InChI=1S/C27H21Cl3N2O2/c28-20-7-10-23(11-8-20)34-24-6-3-4-19(16-24)18-32(15-13-22-5-1-2-14-31-22)27(33)25-12-9-21(29)17-26(25)30/h1-12,14,16-17H,13,15,18H2. The molecule has 0 unspecified atom stereocenters. The van der Waals surface area contributed by atoms with Gasteiger partial charge in [0, 0.05) is 41.4 Å². The molecule has 0 aliphatic carbocycles. The zero-order valence-electron chi connectivity index (χ0n) is 18.1. The number of carbonyl (C=O) groups excluding carboxylic acids is 1. The summed E-state index contributed by atoms with van der Waals surface area (Å²) in [6.45, 7) is 0.847. The van der Waals surface area contributed by atoms with Gasteiger partial charge in [0.2, 0.25) is 0 Å². The summed E-state index contributed by atoms with van der Waals surface area (Å²) in [6, 6.07) is 25.4. The summed E-state index contributed by atoms with van der Waals surface area (Å²) < 4.78 is 5.95. The van der Waals surface area contributed by atoms with Crippen LogP contribution >= 0.6 is 34.8 Å². The Morgan fingerprint density at radius 2 is 1.62 bits per heavy atom. The number of hydrogen-bond acceptors (Lipinski definition) is 3. The van der Waals surface area contributed by atoms with Crippen molar-refractivity contribution in [2.75, 3.05) is 6.54 Å². The Balaban J connectivity index is 1.55. The summed E-state index contributed by atoms with van der Waals surface area (Å²) in [7, 11) is 0. The average Bonchev–Trinajstić information content (AvgIpc) is 2.84. The fourth-order valence-electron chi connectivity index (χ4n) is 3.45. The number of carbonyl (C=O) groups is 1. The number of pyridine rings is 1. The van der Waals surface area contributed by atoms with Gasteiger partial charge in [0.15, 0.2) is 0 Å². The number of aromatic nitrogens is 1. The number of ether oxygens (including phenoxy) is 1. The molecule has 3 aromatic carbocycles. The normalized spacial score (nSPS) is 10.7. The van der Waals surface area contributed by atoms with Gasteiger partial charge in [-0.05, 0) is 72.3 Å². The van der Waals surface area contributed by atoms with Crippen LogP contribution in [-0.4, -0.2) is 22.3 Å². The molecule has 1 aromatic heterocycles. The van der Waals surface area contributed by atoms with Crippen LogP contribution in [0.1, 0.15) is 21.6 Å². The van der Waals surface area contributed by atoms with E-state index >= 15 is 0 Å². The van der Waals surface area contributed by atoms with Gasteiger partial charge in [-0.25, -0.2) is 0 Å². The maximum absolute atomic E-state index is 13.4. The number of benzene rings is 3. The summed E-state index contributed by atoms with van der Waals surface area (Å²) in [5.41, 5.74) is 2.23. The summed E-state index contributed by atoms with van der Waals surface area (Å²) in [5, 5.41) is 1.44. The number of rotatable bonds is 8. The van der Waals surface area contributed by atoms with Crippen LogP contribution in [0.3, 0.4) is 0 Å². The van der Waals surface area contributed by atoms with Gasteiger partial charge in [-0.1, -0.05) is 53.0 Å². The fraction of sp³-hybridized carbons (Fsp3) is 0.111. The molecule has 172 valence electrons. The second kappa shape index (κ2) is 11.4. The van der Waals surface area contributed by atoms with Crippen LogP contribution in [0.4, 0.5) is 0 Å². The van der Waals surface area contributed by atoms with Crippen molar-refractivity contribution in [3.63, 3.8) is 0 Å². The van der Waals surface area contributed by atoms with Crippen LogP contribution in [0.25, 0.3) is 0 Å². The van der Waals surface area contributed by atoms with E-state index in [1.54, 1.807) is 53.6 Å². The van der Waals surface area contributed by atoms with Crippen molar-refractivity contribution in [1.29, 1.82) is 0 Å². The number of amides is 1. The van der Waals surface area contributed by atoms with Gasteiger partial charge in [-0.2, -0.15) is 0 Å². The zero-order chi connectivity index (χ0) is 23.9. The topological polar surface area (TPSA) is 42.4 Å². The lowest BCUT2D eigenvalue weighted by Gasteiger charge is -2.24. The van der Waals surface area contributed by atoms with E-state index in [0.717, 1.165) is 11.3 Å². The molecule has 0 N–H and O–H groups in total. The molecule has 0 saturated heterocycles. The van der Waals surface area contributed by atoms with E-state index in [2.05, 4.69) is 4.98 Å². The Hall–Kier alpha value is -3.05. The van der Waals surface area contributed by atoms with Gasteiger partial charge in [-0.15, -0.1) is 0 Å². The predicted molar refractivity (Wildman–Crippen MR) is 137 cm³/mol. The van der Waals surface area contributed by atoms with E-state index in [-0.39, 0.29) is 5.91 Å². The van der Waals surface area contributed by atoms with Gasteiger partial charge >= 0.3 is 0 Å². The quantitative estimate of drug-likeness (QED) is 0.243. The Morgan fingerprint density at radius 3 is 2.35 bits per heavy atom. The van der Waals surface area contributed by atoms with Gasteiger partial charge in [0.05, 0.1) is 10.6 Å². The second-order valence-corrected chi connectivity index (χ2v) is 8.91. The molecule has 4 aromatic rings. The van der Waals surface area contributed by atoms with E-state index in [0.29, 0.717) is 51.6 Å². The summed E-state index contributed by atoms with van der Waals surface area (Å²) >= 11 is 18.3. The minimum absolute atomic E-state index is 0.179. The molecule has 0 atom stereocenters. The maximum atomic E-state index is 13.4. The molecule has 7 heteroatoms. The van der Waals surface area contributed by atoms with Crippen LogP contribution in [0.15, 0.2) is 91.1 Å². The van der Waals surface area contributed by atoms with Crippen LogP contribution < -0.4 is 4.74 Å². The highest BCUT2D eigenvalue weighted by molar-refractivity contribution is 6.36. The predicted octanol–water partition coefficient (Wildman–Crippen LogP) is 7.72. The molecule has 0 fully saturated rings. The first kappa shape index (κ1) is 24.1. The Morgan fingerprint density at radius 1 is 0.824 bits per heavy atom. The molecular weight excluding hydrogens is 491 g/mol. The van der Waals surface area contributed by atoms with Crippen molar-refractivity contribution in [3.8, 4) is 11.5 Å². The lowest BCUT2D eigenvalue weighted by atomic mass is 10.1. The van der Waals surface area contributed by atoms with Crippen molar-refractivity contribution in [2.45, 2.75) is 13.0 Å². The first-order valence-corrected chi connectivity index (χ1v) is 11.8. The molecule has 0 saturated carbocycles. The largest absolute Gasteiger partial charge is 0.457 e. The molecule has 34 heavy (non-hydrogen) atoms. The highest BCUT2D eigenvalue weighted by atomic mass is 35.5. The van der Waals surface area contributed by atoms with Crippen LogP contribution in [0.2, 0.25) is 15.1 Å². The van der Waals surface area contributed by atoms with Crippen molar-refractivity contribution in [2.24, 2.45) is 0 Å². The van der Waals surface area contributed by atoms with Gasteiger partial charge in [0.25, 0.3) is 5.91 Å². The minimum atomic E-state index is -0.179. The molecular formula is C27H21Cl3N2O2. The lowest BCUT2D eigenvalue weighted by molar-refractivity contribution is 0.0745. The minimum Gasteiger partial charge on any atom is -0.457 e. The first-order valence-electron chi connectivity index (χ1n) is 10.6. The number of hydrogen-bond donors (Lipinski definition) is 0. The van der Waals surface area contributed by atoms with Crippen LogP contribution in [-0.2, 0) is 13.0 Å². The van der Waals surface area contributed by atoms with Crippen LogP contribution in [0, 0.1) is 0 Å². The molecule has 0 aliphatic rings. The highest BCUT2D eigenvalue weighted by Gasteiger charge is 2.19.